The van der Waals surface area contributed by atoms with Gasteiger partial charge in [0, 0.05) is 29.6 Å². The van der Waals surface area contributed by atoms with Crippen LogP contribution in [0.4, 0.5) is 0 Å². The van der Waals surface area contributed by atoms with Gasteiger partial charge in [-0.15, -0.1) is 0 Å². The van der Waals surface area contributed by atoms with Crippen LogP contribution in [0.5, 0.6) is 11.5 Å². The van der Waals surface area contributed by atoms with Crippen molar-refractivity contribution in [2.24, 2.45) is 0 Å². The molecule has 5 aromatic rings. The average molecular weight is 479 g/mol. The number of para-hydroxylation sites is 1. The fraction of sp³-hybridized carbons (Fsp3) is 0.143. The highest BCUT2D eigenvalue weighted by Gasteiger charge is 2.33. The van der Waals surface area contributed by atoms with E-state index in [4.69, 9.17) is 9.47 Å². The molecule has 0 unspecified atom stereocenters. The quantitative estimate of drug-likeness (QED) is 0.375. The SMILES string of the molecule is COc1ccc2c3c(n(CCn4cnc5ccccc5c4=O)c(=O)c2c1OC)-c1ccccc1C3=O. The number of rotatable bonds is 5. The molecule has 0 aliphatic heterocycles. The molecular formula is C28H21N3O5. The maximum atomic E-state index is 14.0. The molecule has 2 heterocycles. The van der Waals surface area contributed by atoms with Crippen molar-refractivity contribution in [2.45, 2.75) is 13.1 Å². The highest BCUT2D eigenvalue weighted by atomic mass is 16.5. The van der Waals surface area contributed by atoms with Gasteiger partial charge in [0.05, 0.1) is 48.1 Å². The van der Waals surface area contributed by atoms with Crippen molar-refractivity contribution < 1.29 is 14.3 Å². The van der Waals surface area contributed by atoms with Crippen LogP contribution in [0, 0.1) is 0 Å². The molecule has 0 amide bonds. The fourth-order valence-electron chi connectivity index (χ4n) is 5.07. The number of carbonyl (C=O) groups is 1. The zero-order valence-electron chi connectivity index (χ0n) is 19.6. The summed E-state index contributed by atoms with van der Waals surface area (Å²) in [6.45, 7) is 0.343. The van der Waals surface area contributed by atoms with Gasteiger partial charge in [0.25, 0.3) is 11.1 Å². The van der Waals surface area contributed by atoms with Gasteiger partial charge in [-0.1, -0.05) is 36.4 Å². The number of pyridine rings is 1. The minimum absolute atomic E-state index is 0.152. The first-order valence-corrected chi connectivity index (χ1v) is 11.4. The highest BCUT2D eigenvalue weighted by Crippen LogP contribution is 2.43. The molecule has 178 valence electrons. The van der Waals surface area contributed by atoms with Crippen molar-refractivity contribution in [1.29, 1.82) is 0 Å². The van der Waals surface area contributed by atoms with Crippen molar-refractivity contribution >= 4 is 27.5 Å². The number of ketones is 1. The molecule has 8 heteroatoms. The third kappa shape index (κ3) is 3.00. The summed E-state index contributed by atoms with van der Waals surface area (Å²) in [4.78, 5) is 45.0. The summed E-state index contributed by atoms with van der Waals surface area (Å²) in [5, 5.41) is 1.28. The Morgan fingerprint density at radius 3 is 2.31 bits per heavy atom. The van der Waals surface area contributed by atoms with Crippen LogP contribution < -0.4 is 20.6 Å². The molecular weight excluding hydrogens is 458 g/mol. The van der Waals surface area contributed by atoms with E-state index in [1.807, 2.05) is 18.2 Å². The molecule has 0 saturated carbocycles. The van der Waals surface area contributed by atoms with E-state index >= 15 is 0 Å². The topological polar surface area (TPSA) is 92.4 Å². The minimum atomic E-state index is -0.328. The van der Waals surface area contributed by atoms with E-state index in [2.05, 4.69) is 4.98 Å². The third-order valence-electron chi connectivity index (χ3n) is 6.73. The Hall–Kier alpha value is -4.72. The number of aromatic nitrogens is 3. The first-order valence-electron chi connectivity index (χ1n) is 11.4. The molecule has 0 radical (unpaired) electrons. The lowest BCUT2D eigenvalue weighted by Crippen LogP contribution is -2.29. The summed E-state index contributed by atoms with van der Waals surface area (Å²) in [5.41, 5.74) is 2.30. The number of fused-ring (bicyclic) bond motifs is 6. The van der Waals surface area contributed by atoms with Crippen LogP contribution in [0.15, 0.2) is 76.6 Å². The Labute approximate surface area is 205 Å². The van der Waals surface area contributed by atoms with Crippen LogP contribution in [-0.2, 0) is 13.1 Å². The number of ether oxygens (including phenoxy) is 2. The van der Waals surface area contributed by atoms with Gasteiger partial charge in [0.1, 0.15) is 0 Å². The number of hydrogen-bond acceptors (Lipinski definition) is 6. The van der Waals surface area contributed by atoms with E-state index in [9.17, 15) is 14.4 Å². The number of hydrogen-bond donors (Lipinski definition) is 0. The summed E-state index contributed by atoms with van der Waals surface area (Å²) >= 11 is 0. The molecule has 6 rings (SSSR count). The molecule has 36 heavy (non-hydrogen) atoms. The van der Waals surface area contributed by atoms with Crippen molar-refractivity contribution in [2.75, 3.05) is 14.2 Å². The summed E-state index contributed by atoms with van der Waals surface area (Å²) in [6.07, 6.45) is 1.49. The predicted octanol–water partition coefficient (Wildman–Crippen LogP) is 3.64. The van der Waals surface area contributed by atoms with Crippen LogP contribution in [0.2, 0.25) is 0 Å². The Bertz CT molecular complexity index is 1830. The average Bonchev–Trinajstić information content (AvgIpc) is 3.21. The van der Waals surface area contributed by atoms with Crippen LogP contribution in [-0.4, -0.2) is 34.1 Å². The van der Waals surface area contributed by atoms with Crippen LogP contribution in [0.3, 0.4) is 0 Å². The molecule has 0 spiro atoms. The third-order valence-corrected chi connectivity index (χ3v) is 6.73. The van der Waals surface area contributed by atoms with Gasteiger partial charge < -0.3 is 14.0 Å². The zero-order chi connectivity index (χ0) is 25.0. The highest BCUT2D eigenvalue weighted by molar-refractivity contribution is 6.27. The Morgan fingerprint density at radius 1 is 0.778 bits per heavy atom. The maximum Gasteiger partial charge on any atom is 0.262 e. The van der Waals surface area contributed by atoms with Crippen molar-refractivity contribution in [3.8, 4) is 22.8 Å². The molecule has 0 N–H and O–H groups in total. The van der Waals surface area contributed by atoms with Crippen LogP contribution >= 0.6 is 0 Å². The molecule has 3 aromatic carbocycles. The van der Waals surface area contributed by atoms with Crippen LogP contribution in [0.25, 0.3) is 32.9 Å². The van der Waals surface area contributed by atoms with E-state index in [1.165, 1.54) is 25.1 Å². The van der Waals surface area contributed by atoms with Gasteiger partial charge in [0.15, 0.2) is 17.3 Å². The van der Waals surface area contributed by atoms with Gasteiger partial charge in [-0.25, -0.2) is 4.98 Å². The van der Waals surface area contributed by atoms with Gasteiger partial charge in [0.2, 0.25) is 0 Å². The lowest BCUT2D eigenvalue weighted by atomic mass is 10.0. The van der Waals surface area contributed by atoms with Gasteiger partial charge >= 0.3 is 0 Å². The summed E-state index contributed by atoms with van der Waals surface area (Å²) in [5.74, 6) is 0.507. The first kappa shape index (κ1) is 21.8. The standard InChI is InChI=1S/C28H21N3O5/c1-35-21-12-11-19-22-24(16-7-3-4-8-17(16)25(22)32)31(28(34)23(19)26(21)36-2)14-13-30-15-29-20-10-6-5-9-18(20)27(30)33/h3-12,15H,13-14H2,1-2H3. The smallest absolute Gasteiger partial charge is 0.262 e. The molecule has 2 aromatic heterocycles. The number of methoxy groups -OCH3 is 2. The lowest BCUT2D eigenvalue weighted by Gasteiger charge is -2.18. The minimum Gasteiger partial charge on any atom is -0.493 e. The lowest BCUT2D eigenvalue weighted by molar-refractivity contribution is 0.104. The Morgan fingerprint density at radius 2 is 1.53 bits per heavy atom. The van der Waals surface area contributed by atoms with Crippen molar-refractivity contribution in [3.05, 3.63) is 98.8 Å². The second-order valence-corrected chi connectivity index (χ2v) is 8.54. The monoisotopic (exact) mass is 479 g/mol. The number of nitrogens with zero attached hydrogens (tertiary/aromatic N) is 3. The second kappa shape index (κ2) is 8.20. The Kier molecular flexibility index (Phi) is 4.96. The normalized spacial score (nSPS) is 12.1. The van der Waals surface area contributed by atoms with Crippen molar-refractivity contribution in [3.63, 3.8) is 0 Å². The zero-order valence-corrected chi connectivity index (χ0v) is 19.6. The largest absolute Gasteiger partial charge is 0.493 e. The van der Waals surface area contributed by atoms with Gasteiger partial charge in [-0.2, -0.15) is 0 Å². The molecule has 1 aliphatic carbocycles. The van der Waals surface area contributed by atoms with Gasteiger partial charge in [-0.3, -0.25) is 19.0 Å². The second-order valence-electron chi connectivity index (χ2n) is 8.54. The first-order chi connectivity index (χ1) is 17.5. The van der Waals surface area contributed by atoms with Crippen LogP contribution in [0.1, 0.15) is 15.9 Å². The summed E-state index contributed by atoms with van der Waals surface area (Å²) in [6, 6.07) is 17.8. The molecule has 8 nitrogen and oxygen atoms in total. The number of carbonyl (C=O) groups excluding carboxylic acids is 1. The molecule has 0 fully saturated rings. The van der Waals surface area contributed by atoms with E-state index < -0.39 is 0 Å². The summed E-state index contributed by atoms with van der Waals surface area (Å²) < 4.78 is 14.0. The predicted molar refractivity (Wildman–Crippen MR) is 136 cm³/mol. The number of benzene rings is 3. The fourth-order valence-corrected chi connectivity index (χ4v) is 5.07. The van der Waals surface area contributed by atoms with E-state index in [0.717, 1.165) is 0 Å². The Balaban J connectivity index is 1.60. The van der Waals surface area contributed by atoms with Gasteiger partial charge in [-0.05, 0) is 24.3 Å². The molecule has 0 saturated heterocycles. The molecule has 0 bridgehead atoms. The molecule has 0 atom stereocenters. The van der Waals surface area contributed by atoms with E-state index in [-0.39, 0.29) is 41.1 Å². The van der Waals surface area contributed by atoms with Crippen molar-refractivity contribution in [1.82, 2.24) is 14.1 Å². The maximum absolute atomic E-state index is 14.0. The van der Waals surface area contributed by atoms with E-state index in [0.29, 0.717) is 44.4 Å². The summed E-state index contributed by atoms with van der Waals surface area (Å²) in [7, 11) is 2.96. The van der Waals surface area contributed by atoms with E-state index in [1.54, 1.807) is 47.0 Å². The molecule has 1 aliphatic rings. The number of aryl methyl sites for hydroxylation is 1.